The van der Waals surface area contributed by atoms with E-state index in [1.165, 1.54) is 16.7 Å². The first kappa shape index (κ1) is 22.8. The molecule has 3 rings (SSSR count). The van der Waals surface area contributed by atoms with Gasteiger partial charge in [-0.25, -0.2) is 0 Å². The Hall–Kier alpha value is -1.50. The van der Waals surface area contributed by atoms with Crippen LogP contribution in [0.2, 0.25) is 0 Å². The van der Waals surface area contributed by atoms with Gasteiger partial charge < -0.3 is 5.11 Å². The minimum absolute atomic E-state index is 0. The van der Waals surface area contributed by atoms with Crippen LogP contribution in [0.25, 0.3) is 0 Å². The van der Waals surface area contributed by atoms with Crippen molar-refractivity contribution in [3.05, 3.63) is 108 Å². The molecule has 0 saturated heterocycles. The molecule has 0 aliphatic rings. The van der Waals surface area contributed by atoms with Crippen LogP contribution < -0.4 is 0 Å². The molecular weight excluding hydrogens is 420 g/mol. The minimum Gasteiger partial charge on any atom is -0.396 e. The molecule has 0 fully saturated rings. The zero-order chi connectivity index (χ0) is 18.8. The Morgan fingerprint density at radius 1 is 0.536 bits per heavy atom. The van der Waals surface area contributed by atoms with E-state index in [2.05, 4.69) is 91.0 Å². The predicted octanol–water partition coefficient (Wildman–Crippen LogP) is 5.86. The van der Waals surface area contributed by atoms with Crippen molar-refractivity contribution in [3.8, 4) is 0 Å². The third kappa shape index (κ3) is 7.15. The van der Waals surface area contributed by atoms with Gasteiger partial charge in [0.05, 0.1) is 0 Å². The van der Waals surface area contributed by atoms with E-state index in [1.54, 1.807) is 0 Å². The molecule has 0 amide bonds. The quantitative estimate of drug-likeness (QED) is 0.384. The van der Waals surface area contributed by atoms with Gasteiger partial charge in [-0.2, -0.15) is 0 Å². The molecule has 0 aliphatic carbocycles. The summed E-state index contributed by atoms with van der Waals surface area (Å²) in [7, 11) is 0. The fourth-order valence-corrected chi connectivity index (χ4v) is 4.15. The minimum atomic E-state index is 0. The van der Waals surface area contributed by atoms with Crippen molar-refractivity contribution < 1.29 is 31.3 Å². The number of hydrogen-bond acceptors (Lipinski definition) is 1. The van der Waals surface area contributed by atoms with Crippen LogP contribution in [0.3, 0.4) is 0 Å². The molecule has 2 heteroatoms. The maximum Gasteiger partial charge on any atom is 0.0431 e. The normalized spacial score (nSPS) is 11.0. The average molecular weight is 450 g/mol. The molecule has 1 N–H and O–H groups in total. The summed E-state index contributed by atoms with van der Waals surface area (Å²) in [5.41, 5.74) is 4.34. The molecular formula is C26H30OZr. The predicted molar refractivity (Wildman–Crippen MR) is 114 cm³/mol. The monoisotopic (exact) mass is 448 g/mol. The first-order valence-corrected chi connectivity index (χ1v) is 10.0. The van der Waals surface area contributed by atoms with Gasteiger partial charge in [0.15, 0.2) is 0 Å². The molecule has 0 aliphatic heterocycles. The second kappa shape index (κ2) is 12.1. The fourth-order valence-electron chi connectivity index (χ4n) is 4.15. The number of aliphatic hydroxyl groups is 1. The van der Waals surface area contributed by atoms with E-state index in [9.17, 15) is 5.11 Å². The number of aliphatic hydroxyl groups excluding tert-OH is 1. The number of hydrogen-bond donors (Lipinski definition) is 1. The van der Waals surface area contributed by atoms with Gasteiger partial charge in [0.2, 0.25) is 0 Å². The summed E-state index contributed by atoms with van der Waals surface area (Å²) in [6.07, 6.45) is 6.23. The molecule has 0 saturated carbocycles. The van der Waals surface area contributed by atoms with E-state index in [0.717, 1.165) is 38.5 Å². The Morgan fingerprint density at radius 3 is 1.21 bits per heavy atom. The molecule has 0 atom stereocenters. The smallest absolute Gasteiger partial charge is 0.0431 e. The van der Waals surface area contributed by atoms with Gasteiger partial charge in [0.25, 0.3) is 0 Å². The third-order valence-corrected chi connectivity index (χ3v) is 5.38. The molecule has 0 heterocycles. The standard InChI is InChI=1S/C26H30O.Zr/c27-19-11-10-18-26(20-23-12-4-1-5-13-23,21-24-14-6-2-7-15-24)22-25-16-8-3-9-17-25;/h1-9,12-17,27H,10-11,18-22H2;. The van der Waals surface area contributed by atoms with E-state index in [0.29, 0.717) is 0 Å². The maximum absolute atomic E-state index is 9.33. The van der Waals surface area contributed by atoms with E-state index in [4.69, 9.17) is 0 Å². The Labute approximate surface area is 189 Å². The first-order valence-electron chi connectivity index (χ1n) is 10.0. The Balaban J connectivity index is 0.00000280. The first-order chi connectivity index (χ1) is 13.3. The average Bonchev–Trinajstić information content (AvgIpc) is 2.70. The molecule has 1 nitrogen and oxygen atoms in total. The van der Waals surface area contributed by atoms with Gasteiger partial charge in [-0.1, -0.05) is 97.4 Å². The van der Waals surface area contributed by atoms with Crippen molar-refractivity contribution in [1.82, 2.24) is 0 Å². The SMILES string of the molecule is OCCCCC(Cc1ccccc1)(Cc1ccccc1)Cc1ccccc1.[Zr]. The van der Waals surface area contributed by atoms with E-state index < -0.39 is 0 Å². The molecule has 3 aromatic carbocycles. The number of rotatable bonds is 10. The van der Waals surface area contributed by atoms with Crippen molar-refractivity contribution in [2.45, 2.75) is 38.5 Å². The van der Waals surface area contributed by atoms with Gasteiger partial charge in [-0.15, -0.1) is 0 Å². The van der Waals surface area contributed by atoms with Crippen molar-refractivity contribution in [2.24, 2.45) is 5.41 Å². The van der Waals surface area contributed by atoms with Gasteiger partial charge in [0.1, 0.15) is 0 Å². The summed E-state index contributed by atoms with van der Waals surface area (Å²) < 4.78 is 0. The van der Waals surface area contributed by atoms with Gasteiger partial charge in [0, 0.05) is 32.8 Å². The summed E-state index contributed by atoms with van der Waals surface area (Å²) in [6, 6.07) is 32.6. The number of unbranched alkanes of at least 4 members (excludes halogenated alkanes) is 1. The van der Waals surface area contributed by atoms with Crippen LogP contribution in [0.5, 0.6) is 0 Å². The zero-order valence-corrected chi connectivity index (χ0v) is 19.0. The van der Waals surface area contributed by atoms with Crippen molar-refractivity contribution in [1.29, 1.82) is 0 Å². The molecule has 0 aromatic heterocycles. The zero-order valence-electron chi connectivity index (χ0n) is 16.6. The third-order valence-electron chi connectivity index (χ3n) is 5.38. The largest absolute Gasteiger partial charge is 0.396 e. The van der Waals surface area contributed by atoms with Gasteiger partial charge in [-0.05, 0) is 54.2 Å². The Morgan fingerprint density at radius 2 is 0.893 bits per heavy atom. The van der Waals surface area contributed by atoms with Crippen molar-refractivity contribution in [3.63, 3.8) is 0 Å². The summed E-state index contributed by atoms with van der Waals surface area (Å²) in [6.45, 7) is 0.276. The molecule has 0 radical (unpaired) electrons. The molecule has 0 unspecified atom stereocenters. The van der Waals surface area contributed by atoms with Crippen molar-refractivity contribution in [2.75, 3.05) is 6.61 Å². The summed E-state index contributed by atoms with van der Waals surface area (Å²) >= 11 is 0. The van der Waals surface area contributed by atoms with Crippen LogP contribution in [0.4, 0.5) is 0 Å². The molecule has 0 bridgehead atoms. The molecule has 28 heavy (non-hydrogen) atoms. The molecule has 3 aromatic rings. The summed E-state index contributed by atoms with van der Waals surface area (Å²) in [4.78, 5) is 0. The second-order valence-electron chi connectivity index (χ2n) is 7.67. The topological polar surface area (TPSA) is 20.2 Å². The number of benzene rings is 3. The van der Waals surface area contributed by atoms with E-state index >= 15 is 0 Å². The van der Waals surface area contributed by atoms with Crippen LogP contribution in [-0.4, -0.2) is 11.7 Å². The molecule has 144 valence electrons. The van der Waals surface area contributed by atoms with Crippen LogP contribution >= 0.6 is 0 Å². The van der Waals surface area contributed by atoms with Crippen LogP contribution in [0.15, 0.2) is 91.0 Å². The van der Waals surface area contributed by atoms with E-state index in [-0.39, 0.29) is 38.2 Å². The van der Waals surface area contributed by atoms with Crippen molar-refractivity contribution >= 4 is 0 Å². The summed E-state index contributed by atoms with van der Waals surface area (Å²) in [5, 5.41) is 9.33. The Kier molecular flexibility index (Phi) is 9.89. The van der Waals surface area contributed by atoms with Crippen LogP contribution in [0.1, 0.15) is 36.0 Å². The van der Waals surface area contributed by atoms with Crippen LogP contribution in [-0.2, 0) is 45.5 Å². The molecule has 0 spiro atoms. The van der Waals surface area contributed by atoms with E-state index in [1.807, 2.05) is 0 Å². The summed E-state index contributed by atoms with van der Waals surface area (Å²) in [5.74, 6) is 0. The maximum atomic E-state index is 9.33. The van der Waals surface area contributed by atoms with Gasteiger partial charge >= 0.3 is 0 Å². The van der Waals surface area contributed by atoms with Gasteiger partial charge in [-0.3, -0.25) is 0 Å². The Bertz CT molecular complexity index is 670. The van der Waals surface area contributed by atoms with Crippen LogP contribution in [0, 0.1) is 5.41 Å². The fraction of sp³-hybridized carbons (Fsp3) is 0.308. The second-order valence-corrected chi connectivity index (χ2v) is 7.67.